The molecule has 3 aliphatic rings. The summed E-state index contributed by atoms with van der Waals surface area (Å²) in [5.74, 6) is -1.29. The number of aryl methyl sites for hydroxylation is 1. The van der Waals surface area contributed by atoms with Crippen LogP contribution in [0.1, 0.15) is 42.1 Å². The van der Waals surface area contributed by atoms with Crippen molar-refractivity contribution in [1.82, 2.24) is 0 Å². The first kappa shape index (κ1) is 21.4. The first-order valence-electron chi connectivity index (χ1n) is 11.5. The molecule has 1 saturated heterocycles. The molecule has 1 aliphatic heterocycles. The van der Waals surface area contributed by atoms with E-state index in [1.807, 2.05) is 19.1 Å². The highest BCUT2D eigenvalue weighted by atomic mass is 16.5. The zero-order valence-electron chi connectivity index (χ0n) is 18.5. The fourth-order valence-corrected chi connectivity index (χ4v) is 5.67. The van der Waals surface area contributed by atoms with Gasteiger partial charge in [-0.2, -0.15) is 0 Å². The number of fused-ring (bicyclic) bond motifs is 5. The summed E-state index contributed by atoms with van der Waals surface area (Å²) < 4.78 is 5.16. The minimum atomic E-state index is -0.687. The summed E-state index contributed by atoms with van der Waals surface area (Å²) in [7, 11) is 0. The van der Waals surface area contributed by atoms with E-state index in [4.69, 9.17) is 4.74 Å². The van der Waals surface area contributed by atoms with Gasteiger partial charge in [0.05, 0.1) is 23.1 Å². The van der Waals surface area contributed by atoms with E-state index in [1.54, 1.807) is 30.3 Å². The van der Waals surface area contributed by atoms with Crippen molar-refractivity contribution in [3.8, 4) is 0 Å². The van der Waals surface area contributed by atoms with Gasteiger partial charge in [0.15, 0.2) is 6.61 Å². The molecule has 0 spiro atoms. The molecule has 3 fully saturated rings. The highest BCUT2D eigenvalue weighted by Crippen LogP contribution is 2.56. The van der Waals surface area contributed by atoms with Gasteiger partial charge in [-0.15, -0.1) is 0 Å². The van der Waals surface area contributed by atoms with Gasteiger partial charge in [-0.05, 0) is 73.4 Å². The second-order valence-electron chi connectivity index (χ2n) is 9.12. The maximum Gasteiger partial charge on any atom is 0.338 e. The molecule has 2 aliphatic carbocycles. The smallest absolute Gasteiger partial charge is 0.338 e. The number of nitrogens with zero attached hydrogens (tertiary/aromatic N) is 1. The van der Waals surface area contributed by atoms with Crippen molar-refractivity contribution in [2.24, 2.45) is 23.7 Å². The monoisotopic (exact) mass is 446 g/mol. The predicted molar refractivity (Wildman–Crippen MR) is 121 cm³/mol. The first-order chi connectivity index (χ1) is 16.0. The Morgan fingerprint density at radius 3 is 2.30 bits per heavy atom. The maximum absolute atomic E-state index is 13.0. The summed E-state index contributed by atoms with van der Waals surface area (Å²) in [5, 5.41) is 2.69. The Hall–Kier alpha value is -3.48. The normalized spacial score (nSPS) is 25.3. The van der Waals surface area contributed by atoms with Crippen molar-refractivity contribution < 1.29 is 23.9 Å². The van der Waals surface area contributed by atoms with E-state index >= 15 is 0 Å². The molecule has 7 nitrogen and oxygen atoms in total. The standard InChI is InChI=1S/C26H26N2O5/c1-2-15-6-10-19(11-7-15)27-21(29)14-33-26(32)18-4-3-5-20(13-18)28-24(30)22-16-8-9-17(12-16)23(22)25(28)31/h3-7,10-11,13,16-17,22-23H,2,8-9,12,14H2,1H3,(H,27,29)/t16-,17-,22-,23+/m0/s1. The minimum Gasteiger partial charge on any atom is -0.452 e. The Kier molecular flexibility index (Phi) is 5.48. The van der Waals surface area contributed by atoms with Crippen molar-refractivity contribution in [3.05, 3.63) is 59.7 Å². The molecule has 3 amide bonds. The van der Waals surface area contributed by atoms with Crippen LogP contribution in [0.2, 0.25) is 0 Å². The number of carbonyl (C=O) groups excluding carboxylic acids is 4. The van der Waals surface area contributed by atoms with Crippen LogP contribution in [0.4, 0.5) is 11.4 Å². The lowest BCUT2D eigenvalue weighted by Crippen LogP contribution is -2.32. The summed E-state index contributed by atoms with van der Waals surface area (Å²) in [5.41, 5.74) is 2.35. The molecule has 2 saturated carbocycles. The molecule has 5 rings (SSSR count). The number of ether oxygens (including phenoxy) is 1. The van der Waals surface area contributed by atoms with Crippen molar-refractivity contribution in [2.75, 3.05) is 16.8 Å². The number of imide groups is 1. The van der Waals surface area contributed by atoms with Gasteiger partial charge in [-0.1, -0.05) is 25.1 Å². The van der Waals surface area contributed by atoms with Crippen LogP contribution in [0.3, 0.4) is 0 Å². The van der Waals surface area contributed by atoms with E-state index in [0.717, 1.165) is 31.2 Å². The molecule has 2 aromatic rings. The summed E-state index contributed by atoms with van der Waals surface area (Å²) in [6, 6.07) is 13.8. The zero-order chi connectivity index (χ0) is 23.1. The van der Waals surface area contributed by atoms with Crippen molar-refractivity contribution in [2.45, 2.75) is 32.6 Å². The minimum absolute atomic E-state index is 0.156. The first-order valence-corrected chi connectivity index (χ1v) is 11.5. The largest absolute Gasteiger partial charge is 0.452 e. The van der Waals surface area contributed by atoms with Gasteiger partial charge in [0.25, 0.3) is 5.91 Å². The molecule has 2 bridgehead atoms. The van der Waals surface area contributed by atoms with Crippen molar-refractivity contribution in [1.29, 1.82) is 0 Å². The van der Waals surface area contributed by atoms with E-state index in [0.29, 0.717) is 23.2 Å². The van der Waals surface area contributed by atoms with Gasteiger partial charge in [-0.3, -0.25) is 19.3 Å². The van der Waals surface area contributed by atoms with Gasteiger partial charge < -0.3 is 10.1 Å². The number of rotatable bonds is 6. The number of nitrogens with one attached hydrogen (secondary N) is 1. The third-order valence-corrected chi connectivity index (χ3v) is 7.25. The second-order valence-corrected chi connectivity index (χ2v) is 9.12. The molecule has 0 radical (unpaired) electrons. The predicted octanol–water partition coefficient (Wildman–Crippen LogP) is 3.58. The highest BCUT2D eigenvalue weighted by Gasteiger charge is 2.61. The zero-order valence-corrected chi connectivity index (χ0v) is 18.5. The number of anilines is 2. The molecule has 1 heterocycles. The summed E-state index contributed by atoms with van der Waals surface area (Å²) in [6.07, 6.45) is 3.89. The molecule has 33 heavy (non-hydrogen) atoms. The summed E-state index contributed by atoms with van der Waals surface area (Å²) in [4.78, 5) is 52.0. The number of benzene rings is 2. The number of hydrogen-bond donors (Lipinski definition) is 1. The molecule has 170 valence electrons. The Labute approximate surface area is 192 Å². The van der Waals surface area contributed by atoms with E-state index in [9.17, 15) is 19.2 Å². The van der Waals surface area contributed by atoms with Crippen LogP contribution in [0.5, 0.6) is 0 Å². The number of amides is 3. The van der Waals surface area contributed by atoms with Gasteiger partial charge >= 0.3 is 5.97 Å². The van der Waals surface area contributed by atoms with Gasteiger partial charge in [0, 0.05) is 5.69 Å². The van der Waals surface area contributed by atoms with Crippen LogP contribution in [-0.2, 0) is 25.5 Å². The second kappa shape index (κ2) is 8.46. The van der Waals surface area contributed by atoms with Crippen LogP contribution in [-0.4, -0.2) is 30.3 Å². The lowest BCUT2D eigenvalue weighted by Gasteiger charge is -2.19. The topological polar surface area (TPSA) is 92.8 Å². The van der Waals surface area contributed by atoms with E-state index < -0.39 is 18.5 Å². The highest BCUT2D eigenvalue weighted by molar-refractivity contribution is 6.22. The van der Waals surface area contributed by atoms with Gasteiger partial charge in [0.2, 0.25) is 11.8 Å². The fourth-order valence-electron chi connectivity index (χ4n) is 5.67. The van der Waals surface area contributed by atoms with E-state index in [-0.39, 0.29) is 29.2 Å². The van der Waals surface area contributed by atoms with E-state index in [2.05, 4.69) is 5.32 Å². The average molecular weight is 447 g/mol. The fraction of sp³-hybridized carbons (Fsp3) is 0.385. The third kappa shape index (κ3) is 3.81. The molecule has 4 atom stereocenters. The molecular formula is C26H26N2O5. The molecular weight excluding hydrogens is 420 g/mol. The summed E-state index contributed by atoms with van der Waals surface area (Å²) >= 11 is 0. The van der Waals surface area contributed by atoms with Crippen molar-refractivity contribution >= 4 is 35.1 Å². The Morgan fingerprint density at radius 2 is 1.67 bits per heavy atom. The van der Waals surface area contributed by atoms with Crippen LogP contribution < -0.4 is 10.2 Å². The number of hydrogen-bond acceptors (Lipinski definition) is 5. The Bertz CT molecular complexity index is 1100. The number of carbonyl (C=O) groups is 4. The van der Waals surface area contributed by atoms with Gasteiger partial charge in [-0.25, -0.2) is 4.79 Å². The molecule has 0 aromatic heterocycles. The summed E-state index contributed by atoms with van der Waals surface area (Å²) in [6.45, 7) is 1.61. The lowest BCUT2D eigenvalue weighted by atomic mass is 9.81. The molecule has 2 aromatic carbocycles. The van der Waals surface area contributed by atoms with Crippen LogP contribution >= 0.6 is 0 Å². The SMILES string of the molecule is CCc1ccc(NC(=O)COC(=O)c2cccc(N3C(=O)[C@@H]4[C@H]5CC[C@@H](C5)[C@@H]4C3=O)c2)cc1. The lowest BCUT2D eigenvalue weighted by molar-refractivity contribution is -0.123. The van der Waals surface area contributed by atoms with Crippen LogP contribution in [0.15, 0.2) is 48.5 Å². The quantitative estimate of drug-likeness (QED) is 0.541. The maximum atomic E-state index is 13.0. The number of esters is 1. The van der Waals surface area contributed by atoms with E-state index in [1.165, 1.54) is 11.0 Å². The van der Waals surface area contributed by atoms with Crippen LogP contribution in [0.25, 0.3) is 0 Å². The van der Waals surface area contributed by atoms with Crippen molar-refractivity contribution in [3.63, 3.8) is 0 Å². The Balaban J connectivity index is 1.23. The van der Waals surface area contributed by atoms with Gasteiger partial charge in [0.1, 0.15) is 0 Å². The molecule has 1 N–H and O–H groups in total. The average Bonchev–Trinajstić information content (AvgIpc) is 3.51. The third-order valence-electron chi connectivity index (χ3n) is 7.25. The Morgan fingerprint density at radius 1 is 1.00 bits per heavy atom. The molecule has 7 heteroatoms. The van der Waals surface area contributed by atoms with Crippen LogP contribution in [0, 0.1) is 23.7 Å². The molecule has 0 unspecified atom stereocenters.